The standard InChI is InChI=1S/C73H53N3/c1-72(2)61-26-12-7-25-57(61)71(58-39-35-47(43-63(58)72)74-65-28-14-8-21-53(65)54-22-9-15-29-66(54)74)45-33-37-51-52-38-34-46(42-60(52)50-20-6-5-19-49(50)59(51)41-45)76-69-32-18-13-27-62(69)73(3,4)64-44-48(36-40-70(64)76)75-67-30-16-10-23-55(67)56-24-11-17-31-68(56)75/h5-44,71H,1-4H3. The number of fused-ring (bicyclic) bond motifs is 16. The van der Waals surface area contributed by atoms with Gasteiger partial charge >= 0.3 is 0 Å². The molecule has 0 radical (unpaired) electrons. The predicted molar refractivity (Wildman–Crippen MR) is 320 cm³/mol. The van der Waals surface area contributed by atoms with Gasteiger partial charge in [0.2, 0.25) is 0 Å². The Morgan fingerprint density at radius 2 is 0.684 bits per heavy atom. The van der Waals surface area contributed by atoms with Crippen molar-refractivity contribution in [3.63, 3.8) is 0 Å². The van der Waals surface area contributed by atoms with E-state index in [1.807, 2.05) is 0 Å². The van der Waals surface area contributed by atoms with Gasteiger partial charge in [0.15, 0.2) is 0 Å². The van der Waals surface area contributed by atoms with Crippen molar-refractivity contribution < 1.29 is 0 Å². The molecule has 3 heteroatoms. The summed E-state index contributed by atoms with van der Waals surface area (Å²) in [4.78, 5) is 2.51. The monoisotopic (exact) mass is 971 g/mol. The summed E-state index contributed by atoms with van der Waals surface area (Å²) in [6.45, 7) is 9.61. The van der Waals surface area contributed by atoms with Gasteiger partial charge in [0.25, 0.3) is 0 Å². The minimum atomic E-state index is -0.252. The van der Waals surface area contributed by atoms with Gasteiger partial charge in [0, 0.05) is 55.4 Å². The second kappa shape index (κ2) is 15.7. The zero-order valence-electron chi connectivity index (χ0n) is 43.0. The molecule has 1 unspecified atom stereocenters. The molecule has 360 valence electrons. The van der Waals surface area contributed by atoms with Crippen LogP contribution >= 0.6 is 0 Å². The van der Waals surface area contributed by atoms with Gasteiger partial charge in [-0.1, -0.05) is 191 Å². The average Bonchev–Trinajstić information content (AvgIpc) is 4.10. The maximum absolute atomic E-state index is 2.52. The van der Waals surface area contributed by atoms with Gasteiger partial charge in [0.1, 0.15) is 0 Å². The van der Waals surface area contributed by atoms with Crippen molar-refractivity contribution in [2.75, 3.05) is 4.90 Å². The van der Waals surface area contributed by atoms with Crippen LogP contribution in [0.2, 0.25) is 0 Å². The van der Waals surface area contributed by atoms with Gasteiger partial charge in [0.05, 0.1) is 33.4 Å². The molecule has 2 aromatic heterocycles. The van der Waals surface area contributed by atoms with Crippen LogP contribution in [-0.2, 0) is 10.8 Å². The van der Waals surface area contributed by atoms with Crippen molar-refractivity contribution >= 4 is 93.0 Å². The molecule has 0 saturated heterocycles. The smallest absolute Gasteiger partial charge is 0.0541 e. The fraction of sp³-hybridized carbons (Fsp3) is 0.0959. The molecule has 2 aliphatic rings. The molecule has 0 saturated carbocycles. The number of para-hydroxylation sites is 5. The Bertz CT molecular complexity index is 4360. The van der Waals surface area contributed by atoms with Crippen molar-refractivity contribution in [3.8, 4) is 11.4 Å². The summed E-state index contributed by atoms with van der Waals surface area (Å²) in [5.41, 5.74) is 19.8. The maximum atomic E-state index is 2.52. The Morgan fingerprint density at radius 1 is 0.276 bits per heavy atom. The summed E-state index contributed by atoms with van der Waals surface area (Å²) in [6.07, 6.45) is 0. The van der Waals surface area contributed by atoms with E-state index in [0.29, 0.717) is 0 Å². The van der Waals surface area contributed by atoms with Crippen LogP contribution in [0.15, 0.2) is 243 Å². The molecule has 14 aromatic rings. The molecule has 0 amide bonds. The minimum absolute atomic E-state index is 0.0617. The van der Waals surface area contributed by atoms with Crippen molar-refractivity contribution in [2.24, 2.45) is 0 Å². The summed E-state index contributed by atoms with van der Waals surface area (Å²) in [7, 11) is 0. The molecule has 1 aliphatic heterocycles. The third-order valence-electron chi connectivity index (χ3n) is 17.8. The highest BCUT2D eigenvalue weighted by Crippen LogP contribution is 2.55. The van der Waals surface area contributed by atoms with E-state index in [9.17, 15) is 0 Å². The van der Waals surface area contributed by atoms with Crippen LogP contribution in [0, 0.1) is 0 Å². The first kappa shape index (κ1) is 43.2. The van der Waals surface area contributed by atoms with Crippen LogP contribution in [0.3, 0.4) is 0 Å². The average molecular weight is 972 g/mol. The Hall–Kier alpha value is -9.18. The molecule has 1 atom stereocenters. The molecule has 0 spiro atoms. The third kappa shape index (κ3) is 5.88. The first-order valence-electron chi connectivity index (χ1n) is 26.9. The zero-order chi connectivity index (χ0) is 50.6. The molecular formula is C73H53N3. The summed E-state index contributed by atoms with van der Waals surface area (Å²) >= 11 is 0. The van der Waals surface area contributed by atoms with Crippen LogP contribution in [-0.4, -0.2) is 9.13 Å². The number of nitrogens with zero attached hydrogens (tertiary/aromatic N) is 3. The van der Waals surface area contributed by atoms with Crippen LogP contribution < -0.4 is 4.90 Å². The molecule has 0 N–H and O–H groups in total. The van der Waals surface area contributed by atoms with Gasteiger partial charge in [-0.2, -0.15) is 0 Å². The number of rotatable bonds is 4. The van der Waals surface area contributed by atoms with Gasteiger partial charge in [-0.25, -0.2) is 0 Å². The lowest BCUT2D eigenvalue weighted by atomic mass is 9.63. The number of hydrogen-bond donors (Lipinski definition) is 0. The lowest BCUT2D eigenvalue weighted by Crippen LogP contribution is -2.30. The number of benzene rings is 12. The number of aromatic nitrogens is 2. The summed E-state index contributed by atoms with van der Waals surface area (Å²) in [5.74, 6) is 0.0617. The largest absolute Gasteiger partial charge is 0.310 e. The van der Waals surface area contributed by atoms with E-state index < -0.39 is 0 Å². The minimum Gasteiger partial charge on any atom is -0.310 e. The van der Waals surface area contributed by atoms with E-state index in [4.69, 9.17) is 0 Å². The molecule has 1 aliphatic carbocycles. The van der Waals surface area contributed by atoms with Crippen molar-refractivity contribution in [1.82, 2.24) is 9.13 Å². The van der Waals surface area contributed by atoms with Crippen LogP contribution in [0.1, 0.15) is 72.6 Å². The summed E-state index contributed by atoms with van der Waals surface area (Å²) in [6, 6.07) is 91.5. The molecule has 3 heterocycles. The molecule has 3 nitrogen and oxygen atoms in total. The normalized spacial score (nSPS) is 15.4. The van der Waals surface area contributed by atoms with E-state index >= 15 is 0 Å². The maximum Gasteiger partial charge on any atom is 0.0541 e. The lowest BCUT2D eigenvalue weighted by molar-refractivity contribution is 0.597. The Balaban J connectivity index is 0.858. The molecule has 76 heavy (non-hydrogen) atoms. The highest BCUT2D eigenvalue weighted by Gasteiger charge is 2.40. The fourth-order valence-electron chi connectivity index (χ4n) is 14.3. The number of hydrogen-bond acceptors (Lipinski definition) is 1. The second-order valence-electron chi connectivity index (χ2n) is 22.4. The Kier molecular flexibility index (Phi) is 8.92. The summed E-state index contributed by atoms with van der Waals surface area (Å²) < 4.78 is 4.91. The molecule has 12 aromatic carbocycles. The van der Waals surface area contributed by atoms with Crippen molar-refractivity contribution in [1.29, 1.82) is 0 Å². The van der Waals surface area contributed by atoms with Crippen LogP contribution in [0.25, 0.3) is 87.3 Å². The predicted octanol–water partition coefficient (Wildman–Crippen LogP) is 19.3. The van der Waals surface area contributed by atoms with Crippen molar-refractivity contribution in [3.05, 3.63) is 282 Å². The Labute approximate surface area is 442 Å². The first-order valence-corrected chi connectivity index (χ1v) is 26.9. The van der Waals surface area contributed by atoms with E-state index in [2.05, 4.69) is 284 Å². The van der Waals surface area contributed by atoms with E-state index in [-0.39, 0.29) is 16.7 Å². The van der Waals surface area contributed by atoms with Gasteiger partial charge in [-0.05, 0) is 150 Å². The number of anilines is 3. The van der Waals surface area contributed by atoms with E-state index in [0.717, 1.165) is 5.69 Å². The summed E-state index contributed by atoms with van der Waals surface area (Å²) in [5, 5.41) is 12.7. The molecule has 0 fully saturated rings. The van der Waals surface area contributed by atoms with Crippen LogP contribution in [0.5, 0.6) is 0 Å². The third-order valence-corrected chi connectivity index (χ3v) is 17.8. The molecule has 16 rings (SSSR count). The quantitative estimate of drug-likeness (QED) is 0.160. The molecule has 0 bridgehead atoms. The topological polar surface area (TPSA) is 13.1 Å². The van der Waals surface area contributed by atoms with Gasteiger partial charge in [-0.15, -0.1) is 0 Å². The second-order valence-corrected chi connectivity index (χ2v) is 22.4. The SMILES string of the molecule is CC1(C)c2ccccc2C(c2ccc3c4ccc(N5c6ccccc6C(C)(C)c6cc(-n7c8ccccc8c8ccccc87)ccc65)cc4c4ccccc4c3c2)c2ccc(-n3c4ccccc4c4ccccc43)cc21. The molecular weight excluding hydrogens is 919 g/mol. The van der Waals surface area contributed by atoms with E-state index in [1.165, 1.54) is 138 Å². The van der Waals surface area contributed by atoms with Crippen LogP contribution in [0.4, 0.5) is 17.1 Å². The zero-order valence-corrected chi connectivity index (χ0v) is 43.0. The highest BCUT2D eigenvalue weighted by molar-refractivity contribution is 6.26. The lowest BCUT2D eigenvalue weighted by Gasteiger charge is -2.42. The first-order chi connectivity index (χ1) is 37.2. The van der Waals surface area contributed by atoms with Gasteiger partial charge < -0.3 is 14.0 Å². The van der Waals surface area contributed by atoms with Crippen molar-refractivity contribution in [2.45, 2.75) is 44.4 Å². The fourth-order valence-corrected chi connectivity index (χ4v) is 14.3. The van der Waals surface area contributed by atoms with E-state index in [1.54, 1.807) is 0 Å². The highest BCUT2D eigenvalue weighted by atomic mass is 15.2. The van der Waals surface area contributed by atoms with Gasteiger partial charge in [-0.3, -0.25) is 0 Å². The Morgan fingerprint density at radius 3 is 1.29 bits per heavy atom.